The second kappa shape index (κ2) is 6.34. The van der Waals surface area contributed by atoms with Crippen LogP contribution in [0.15, 0.2) is 41.8 Å². The van der Waals surface area contributed by atoms with Crippen LogP contribution in [0.5, 0.6) is 0 Å². The lowest BCUT2D eigenvalue weighted by molar-refractivity contribution is 0.578. The zero-order valence-corrected chi connectivity index (χ0v) is 11.2. The molecule has 1 atom stereocenters. The van der Waals surface area contributed by atoms with Crippen LogP contribution < -0.4 is 5.32 Å². The number of nitrogens with zero attached hydrogens (tertiary/aromatic N) is 1. The minimum Gasteiger partial charge on any atom is -0.310 e. The molecule has 0 bridgehead atoms. The van der Waals surface area contributed by atoms with E-state index in [1.165, 1.54) is 10.4 Å². The van der Waals surface area contributed by atoms with Crippen molar-refractivity contribution in [2.75, 3.05) is 6.54 Å². The van der Waals surface area contributed by atoms with E-state index < -0.39 is 0 Å². The summed E-state index contributed by atoms with van der Waals surface area (Å²) in [6.07, 6.45) is 1.06. The predicted molar refractivity (Wildman–Crippen MR) is 75.6 cm³/mol. The third kappa shape index (κ3) is 3.43. The van der Waals surface area contributed by atoms with E-state index in [1.807, 2.05) is 18.2 Å². The number of hydrogen-bond donors (Lipinski definition) is 1. The highest BCUT2D eigenvalue weighted by Crippen LogP contribution is 2.14. The van der Waals surface area contributed by atoms with Crippen LogP contribution in [0.25, 0.3) is 0 Å². The predicted octanol–water partition coefficient (Wildman–Crippen LogP) is 3.51. The van der Waals surface area contributed by atoms with Gasteiger partial charge in [-0.2, -0.15) is 5.26 Å². The van der Waals surface area contributed by atoms with E-state index in [0.717, 1.165) is 18.5 Å². The van der Waals surface area contributed by atoms with Crippen LogP contribution in [0.3, 0.4) is 0 Å². The summed E-state index contributed by atoms with van der Waals surface area (Å²) in [5, 5.41) is 14.5. The number of rotatable bonds is 5. The Morgan fingerprint density at radius 1 is 1.33 bits per heavy atom. The summed E-state index contributed by atoms with van der Waals surface area (Å²) >= 11 is 1.79. The lowest BCUT2D eigenvalue weighted by atomic mass is 10.1. The average Bonchev–Trinajstić information content (AvgIpc) is 2.92. The van der Waals surface area contributed by atoms with Gasteiger partial charge in [-0.3, -0.25) is 0 Å². The summed E-state index contributed by atoms with van der Waals surface area (Å²) in [6.45, 7) is 3.09. The van der Waals surface area contributed by atoms with Gasteiger partial charge in [-0.25, -0.2) is 0 Å². The van der Waals surface area contributed by atoms with Crippen molar-refractivity contribution < 1.29 is 0 Å². The summed E-state index contributed by atoms with van der Waals surface area (Å²) < 4.78 is 0. The van der Waals surface area contributed by atoms with Gasteiger partial charge in [-0.1, -0.05) is 18.2 Å². The van der Waals surface area contributed by atoms with Crippen molar-refractivity contribution in [1.29, 1.82) is 5.26 Å². The number of thiophene rings is 1. The van der Waals surface area contributed by atoms with Crippen LogP contribution in [-0.2, 0) is 6.42 Å². The molecule has 2 rings (SSSR count). The Morgan fingerprint density at radius 3 is 2.94 bits per heavy atom. The van der Waals surface area contributed by atoms with Crippen molar-refractivity contribution in [3.05, 3.63) is 57.8 Å². The van der Waals surface area contributed by atoms with Gasteiger partial charge in [0.05, 0.1) is 11.6 Å². The Balaban J connectivity index is 1.87. The lowest BCUT2D eigenvalue weighted by Crippen LogP contribution is -2.21. The van der Waals surface area contributed by atoms with Crippen molar-refractivity contribution in [2.45, 2.75) is 19.4 Å². The lowest BCUT2D eigenvalue weighted by Gasteiger charge is -2.14. The second-order valence-electron chi connectivity index (χ2n) is 4.24. The Bertz CT molecular complexity index is 526. The van der Waals surface area contributed by atoms with Crippen molar-refractivity contribution in [2.24, 2.45) is 0 Å². The normalized spacial score (nSPS) is 12.0. The van der Waals surface area contributed by atoms with Crippen molar-refractivity contribution >= 4 is 11.3 Å². The molecular weight excluding hydrogens is 240 g/mol. The fraction of sp³-hybridized carbons (Fsp3) is 0.267. The molecule has 0 aliphatic carbocycles. The van der Waals surface area contributed by atoms with Gasteiger partial charge in [-0.15, -0.1) is 11.3 Å². The van der Waals surface area contributed by atoms with Crippen molar-refractivity contribution in [3.8, 4) is 6.07 Å². The first-order valence-corrected chi connectivity index (χ1v) is 6.93. The molecule has 0 amide bonds. The Morgan fingerprint density at radius 2 is 2.22 bits per heavy atom. The van der Waals surface area contributed by atoms with Gasteiger partial charge in [0.15, 0.2) is 0 Å². The molecule has 3 heteroatoms. The summed E-state index contributed by atoms with van der Waals surface area (Å²) in [5.74, 6) is 0. The van der Waals surface area contributed by atoms with Gasteiger partial charge in [0.25, 0.3) is 0 Å². The quantitative estimate of drug-likeness (QED) is 0.888. The molecule has 1 unspecified atom stereocenters. The van der Waals surface area contributed by atoms with E-state index in [2.05, 4.69) is 41.9 Å². The number of nitriles is 1. The minimum atomic E-state index is 0.276. The first-order chi connectivity index (χ1) is 8.79. The highest BCUT2D eigenvalue weighted by Gasteiger charge is 2.05. The molecule has 2 nitrogen and oxygen atoms in total. The number of benzene rings is 1. The first-order valence-electron chi connectivity index (χ1n) is 6.05. The van der Waals surface area contributed by atoms with Crippen LogP contribution in [0, 0.1) is 11.3 Å². The summed E-state index contributed by atoms with van der Waals surface area (Å²) in [4.78, 5) is 1.40. The maximum Gasteiger partial charge on any atom is 0.0991 e. The molecule has 0 spiro atoms. The molecule has 0 radical (unpaired) electrons. The highest BCUT2D eigenvalue weighted by molar-refractivity contribution is 7.09. The van der Waals surface area contributed by atoms with Gasteiger partial charge in [0.2, 0.25) is 0 Å². The molecule has 1 heterocycles. The zero-order valence-electron chi connectivity index (χ0n) is 10.4. The Labute approximate surface area is 112 Å². The molecule has 18 heavy (non-hydrogen) atoms. The molecule has 1 N–H and O–H groups in total. The molecule has 2 aromatic rings. The average molecular weight is 256 g/mol. The van der Waals surface area contributed by atoms with Gasteiger partial charge < -0.3 is 5.32 Å². The maximum absolute atomic E-state index is 8.88. The van der Waals surface area contributed by atoms with Crippen LogP contribution >= 0.6 is 11.3 Å². The minimum absolute atomic E-state index is 0.276. The summed E-state index contributed by atoms with van der Waals surface area (Å²) in [5.41, 5.74) is 1.89. The highest BCUT2D eigenvalue weighted by atomic mass is 32.1. The van der Waals surface area contributed by atoms with E-state index >= 15 is 0 Å². The molecule has 0 saturated carbocycles. The summed E-state index contributed by atoms with van der Waals surface area (Å²) in [7, 11) is 0. The largest absolute Gasteiger partial charge is 0.310 e. The van der Waals surface area contributed by atoms with E-state index in [9.17, 15) is 0 Å². The SMILES string of the molecule is CC(NCCc1cccs1)c1cccc(C#N)c1. The van der Waals surface area contributed by atoms with E-state index in [4.69, 9.17) is 5.26 Å². The van der Waals surface area contributed by atoms with Crippen LogP contribution in [0.1, 0.15) is 29.0 Å². The van der Waals surface area contributed by atoms with Crippen LogP contribution in [0.2, 0.25) is 0 Å². The maximum atomic E-state index is 8.88. The molecule has 1 aromatic heterocycles. The monoisotopic (exact) mass is 256 g/mol. The number of hydrogen-bond acceptors (Lipinski definition) is 3. The third-order valence-corrected chi connectivity index (χ3v) is 3.85. The third-order valence-electron chi connectivity index (χ3n) is 2.92. The first kappa shape index (κ1) is 12.8. The second-order valence-corrected chi connectivity index (χ2v) is 5.27. The molecular formula is C15H16N2S. The standard InChI is InChI=1S/C15H16N2S/c1-12(14-5-2-4-13(10-14)11-16)17-8-7-15-6-3-9-18-15/h2-6,9-10,12,17H,7-8H2,1H3. The molecule has 0 saturated heterocycles. The van der Waals surface area contributed by atoms with Gasteiger partial charge in [0, 0.05) is 17.5 Å². The number of nitrogens with one attached hydrogen (secondary N) is 1. The van der Waals surface area contributed by atoms with Crippen LogP contribution in [0.4, 0.5) is 0 Å². The van der Waals surface area contributed by atoms with Crippen molar-refractivity contribution in [3.63, 3.8) is 0 Å². The molecule has 0 aliphatic rings. The van der Waals surface area contributed by atoms with Gasteiger partial charge in [-0.05, 0) is 42.5 Å². The van der Waals surface area contributed by atoms with Crippen LogP contribution in [-0.4, -0.2) is 6.54 Å². The molecule has 0 aliphatic heterocycles. The van der Waals surface area contributed by atoms with Crippen molar-refractivity contribution in [1.82, 2.24) is 5.32 Å². The van der Waals surface area contributed by atoms with E-state index in [1.54, 1.807) is 11.3 Å². The molecule has 0 fully saturated rings. The zero-order chi connectivity index (χ0) is 12.8. The fourth-order valence-corrected chi connectivity index (χ4v) is 2.57. The molecule has 92 valence electrons. The van der Waals surface area contributed by atoms with E-state index in [-0.39, 0.29) is 6.04 Å². The fourth-order valence-electron chi connectivity index (χ4n) is 1.86. The van der Waals surface area contributed by atoms with Gasteiger partial charge >= 0.3 is 0 Å². The molecule has 1 aromatic carbocycles. The Kier molecular flexibility index (Phi) is 4.52. The Hall–Kier alpha value is -1.63. The van der Waals surface area contributed by atoms with E-state index in [0.29, 0.717) is 0 Å². The van der Waals surface area contributed by atoms with Gasteiger partial charge in [0.1, 0.15) is 0 Å². The topological polar surface area (TPSA) is 35.8 Å². The summed E-state index contributed by atoms with van der Waals surface area (Å²) in [6, 6.07) is 14.5. The smallest absolute Gasteiger partial charge is 0.0991 e.